The first-order valence-corrected chi connectivity index (χ1v) is 10.9. The zero-order valence-electron chi connectivity index (χ0n) is 18.3. The molecule has 0 atom stereocenters. The van der Waals surface area contributed by atoms with E-state index in [2.05, 4.69) is 22.5 Å². The maximum absolute atomic E-state index is 5.35. The van der Waals surface area contributed by atoms with Gasteiger partial charge in [0.25, 0.3) is 0 Å². The van der Waals surface area contributed by atoms with E-state index in [0.29, 0.717) is 5.41 Å². The molecule has 6 nitrogen and oxygen atoms in total. The van der Waals surface area contributed by atoms with E-state index in [4.69, 9.17) is 14.5 Å². The van der Waals surface area contributed by atoms with Gasteiger partial charge in [-0.2, -0.15) is 0 Å². The normalized spacial score (nSPS) is 20.8. The molecule has 0 radical (unpaired) electrons. The molecule has 0 amide bonds. The molecule has 0 aromatic heterocycles. The van der Waals surface area contributed by atoms with Gasteiger partial charge in [-0.3, -0.25) is 4.99 Å². The molecule has 1 aliphatic heterocycles. The maximum Gasteiger partial charge on any atom is 0.191 e. The number of piperidine rings is 1. The van der Waals surface area contributed by atoms with Crippen LogP contribution in [0, 0.1) is 11.3 Å². The largest absolute Gasteiger partial charge is 0.385 e. The Morgan fingerprint density at radius 3 is 2.36 bits per heavy atom. The molecular formula is C21H43IN4O2. The van der Waals surface area contributed by atoms with Crippen LogP contribution >= 0.6 is 24.0 Å². The summed E-state index contributed by atoms with van der Waals surface area (Å²) in [6.45, 7) is 10.1. The van der Waals surface area contributed by atoms with E-state index < -0.39 is 0 Å². The molecule has 28 heavy (non-hydrogen) atoms. The summed E-state index contributed by atoms with van der Waals surface area (Å²) in [5, 5.41) is 7.05. The Labute approximate surface area is 189 Å². The van der Waals surface area contributed by atoms with Gasteiger partial charge < -0.3 is 25.0 Å². The number of nitrogens with zero attached hydrogens (tertiary/aromatic N) is 2. The number of rotatable bonds is 11. The quantitative estimate of drug-likeness (QED) is 0.254. The van der Waals surface area contributed by atoms with E-state index in [0.717, 1.165) is 57.7 Å². The van der Waals surface area contributed by atoms with Gasteiger partial charge in [-0.25, -0.2) is 0 Å². The first-order chi connectivity index (χ1) is 13.2. The number of hydrogen-bond acceptors (Lipinski definition) is 4. The van der Waals surface area contributed by atoms with E-state index in [1.54, 1.807) is 14.2 Å². The molecule has 7 heteroatoms. The number of likely N-dealkylation sites (tertiary alicyclic amines) is 1. The van der Waals surface area contributed by atoms with Crippen molar-refractivity contribution >= 4 is 29.9 Å². The highest BCUT2D eigenvalue weighted by Crippen LogP contribution is 2.41. The molecule has 0 aromatic rings. The molecule has 1 heterocycles. The Kier molecular flexibility index (Phi) is 13.7. The van der Waals surface area contributed by atoms with Gasteiger partial charge in [0, 0.05) is 47.0 Å². The zero-order chi connectivity index (χ0) is 19.4. The third-order valence-electron chi connectivity index (χ3n) is 6.29. The lowest BCUT2D eigenvalue weighted by molar-refractivity contribution is 0.120. The van der Waals surface area contributed by atoms with Crippen molar-refractivity contribution in [3.05, 3.63) is 0 Å². The van der Waals surface area contributed by atoms with E-state index >= 15 is 0 Å². The van der Waals surface area contributed by atoms with E-state index in [1.807, 2.05) is 0 Å². The van der Waals surface area contributed by atoms with Gasteiger partial charge >= 0.3 is 0 Å². The van der Waals surface area contributed by atoms with Crippen molar-refractivity contribution in [3.8, 4) is 0 Å². The number of guanidine groups is 1. The van der Waals surface area contributed by atoms with E-state index in [9.17, 15) is 0 Å². The van der Waals surface area contributed by atoms with Crippen LogP contribution in [0.4, 0.5) is 0 Å². The van der Waals surface area contributed by atoms with Crippen molar-refractivity contribution in [2.45, 2.75) is 51.9 Å². The lowest BCUT2D eigenvalue weighted by Crippen LogP contribution is -2.43. The molecule has 0 spiro atoms. The standard InChI is InChI=1S/C21H42N4O2.HI/c1-4-22-20(24-18-21(11-15-26-2)9-5-6-10-21)23-17-19-7-12-25(13-8-19)14-16-27-3;/h19H,4-18H2,1-3H3,(H2,22,23,24);1H. The van der Waals surface area contributed by atoms with Crippen LogP contribution in [0.3, 0.4) is 0 Å². The number of methoxy groups -OCH3 is 2. The Hall–Kier alpha value is -0.120. The molecule has 2 fully saturated rings. The molecule has 0 unspecified atom stereocenters. The summed E-state index contributed by atoms with van der Waals surface area (Å²) in [5.74, 6) is 1.73. The van der Waals surface area contributed by atoms with Crippen molar-refractivity contribution in [2.75, 3.05) is 66.7 Å². The van der Waals surface area contributed by atoms with Gasteiger partial charge in [0.1, 0.15) is 0 Å². The minimum atomic E-state index is 0. The fourth-order valence-electron chi connectivity index (χ4n) is 4.39. The van der Waals surface area contributed by atoms with Crippen LogP contribution in [0.25, 0.3) is 0 Å². The van der Waals surface area contributed by atoms with Crippen LogP contribution in [0.2, 0.25) is 0 Å². The summed E-state index contributed by atoms with van der Waals surface area (Å²) in [6.07, 6.45) is 8.90. The Morgan fingerprint density at radius 2 is 1.75 bits per heavy atom. The highest BCUT2D eigenvalue weighted by atomic mass is 127. The minimum Gasteiger partial charge on any atom is -0.385 e. The predicted molar refractivity (Wildman–Crippen MR) is 128 cm³/mol. The van der Waals surface area contributed by atoms with E-state index in [1.165, 1.54) is 51.6 Å². The monoisotopic (exact) mass is 510 g/mol. The van der Waals surface area contributed by atoms with Crippen molar-refractivity contribution in [1.29, 1.82) is 0 Å². The molecule has 1 saturated heterocycles. The summed E-state index contributed by atoms with van der Waals surface area (Å²) in [6, 6.07) is 0. The fraction of sp³-hybridized carbons (Fsp3) is 0.952. The number of ether oxygens (including phenoxy) is 2. The first kappa shape index (κ1) is 25.9. The van der Waals surface area contributed by atoms with Crippen molar-refractivity contribution in [2.24, 2.45) is 16.3 Å². The molecule has 0 aromatic carbocycles. The molecule has 1 saturated carbocycles. The molecule has 1 aliphatic carbocycles. The number of hydrogen-bond donors (Lipinski definition) is 2. The average molecular weight is 511 g/mol. The highest BCUT2D eigenvalue weighted by molar-refractivity contribution is 14.0. The summed E-state index contributed by atoms with van der Waals surface area (Å²) < 4.78 is 10.5. The Bertz CT molecular complexity index is 423. The number of nitrogens with one attached hydrogen (secondary N) is 2. The summed E-state index contributed by atoms with van der Waals surface area (Å²) in [5.41, 5.74) is 0.352. The summed E-state index contributed by atoms with van der Waals surface area (Å²) in [4.78, 5) is 7.49. The molecular weight excluding hydrogens is 467 g/mol. The minimum absolute atomic E-state index is 0. The smallest absolute Gasteiger partial charge is 0.191 e. The second kappa shape index (κ2) is 14.8. The second-order valence-corrected chi connectivity index (χ2v) is 8.30. The van der Waals surface area contributed by atoms with Gasteiger partial charge in [0.05, 0.1) is 6.61 Å². The van der Waals surface area contributed by atoms with E-state index in [-0.39, 0.29) is 24.0 Å². The summed E-state index contributed by atoms with van der Waals surface area (Å²) in [7, 11) is 3.58. The SMILES string of the molecule is CCNC(=NCC1(CCOC)CCCC1)NCC1CCN(CCOC)CC1.I. The van der Waals surface area contributed by atoms with Crippen LogP contribution in [-0.4, -0.2) is 77.6 Å². The van der Waals surface area contributed by atoms with Gasteiger partial charge in [-0.1, -0.05) is 12.8 Å². The second-order valence-electron chi connectivity index (χ2n) is 8.30. The Morgan fingerprint density at radius 1 is 1.07 bits per heavy atom. The molecule has 0 bridgehead atoms. The summed E-state index contributed by atoms with van der Waals surface area (Å²) >= 11 is 0. The lowest BCUT2D eigenvalue weighted by Gasteiger charge is -2.32. The van der Waals surface area contributed by atoms with Gasteiger partial charge in [0.15, 0.2) is 5.96 Å². The first-order valence-electron chi connectivity index (χ1n) is 10.9. The molecule has 166 valence electrons. The Balaban J connectivity index is 0.00000392. The lowest BCUT2D eigenvalue weighted by atomic mass is 9.83. The maximum atomic E-state index is 5.35. The molecule has 2 rings (SSSR count). The van der Waals surface area contributed by atoms with Crippen molar-refractivity contribution in [3.63, 3.8) is 0 Å². The zero-order valence-corrected chi connectivity index (χ0v) is 20.6. The third-order valence-corrected chi connectivity index (χ3v) is 6.29. The predicted octanol–water partition coefficient (Wildman–Crippen LogP) is 3.11. The van der Waals surface area contributed by atoms with Crippen molar-refractivity contribution < 1.29 is 9.47 Å². The van der Waals surface area contributed by atoms with Crippen LogP contribution in [-0.2, 0) is 9.47 Å². The number of aliphatic imine (C=N–C) groups is 1. The van der Waals surface area contributed by atoms with Crippen LogP contribution in [0.1, 0.15) is 51.9 Å². The van der Waals surface area contributed by atoms with Crippen molar-refractivity contribution in [1.82, 2.24) is 15.5 Å². The third kappa shape index (κ3) is 9.13. The van der Waals surface area contributed by atoms with Crippen LogP contribution in [0.5, 0.6) is 0 Å². The number of halogens is 1. The van der Waals surface area contributed by atoms with Crippen LogP contribution in [0.15, 0.2) is 4.99 Å². The highest BCUT2D eigenvalue weighted by Gasteiger charge is 2.33. The van der Waals surface area contributed by atoms with Gasteiger partial charge in [-0.05, 0) is 63.5 Å². The van der Waals surface area contributed by atoms with Crippen LogP contribution < -0.4 is 10.6 Å². The topological polar surface area (TPSA) is 58.1 Å². The molecule has 2 aliphatic rings. The fourth-order valence-corrected chi connectivity index (χ4v) is 4.39. The average Bonchev–Trinajstić information content (AvgIpc) is 3.17. The van der Waals surface area contributed by atoms with Gasteiger partial charge in [-0.15, -0.1) is 24.0 Å². The van der Waals surface area contributed by atoms with Gasteiger partial charge in [0.2, 0.25) is 0 Å². The molecule has 2 N–H and O–H groups in total.